The second kappa shape index (κ2) is 8.07. The number of para-hydroxylation sites is 2. The van der Waals surface area contributed by atoms with Crippen LogP contribution in [0.3, 0.4) is 0 Å². The van der Waals surface area contributed by atoms with Crippen molar-refractivity contribution in [3.63, 3.8) is 0 Å². The molecule has 2 heterocycles. The van der Waals surface area contributed by atoms with Gasteiger partial charge < -0.3 is 10.2 Å². The molecule has 0 saturated carbocycles. The summed E-state index contributed by atoms with van der Waals surface area (Å²) in [6.07, 6.45) is 3.27. The maximum absolute atomic E-state index is 12.8. The van der Waals surface area contributed by atoms with E-state index in [4.69, 9.17) is 0 Å². The van der Waals surface area contributed by atoms with Gasteiger partial charge in [-0.15, -0.1) is 0 Å². The first-order valence-corrected chi connectivity index (χ1v) is 10.1. The first-order valence-electron chi connectivity index (χ1n) is 10.1. The number of rotatable bonds is 4. The van der Waals surface area contributed by atoms with Gasteiger partial charge in [0.15, 0.2) is 0 Å². The Morgan fingerprint density at radius 2 is 1.79 bits per heavy atom. The van der Waals surface area contributed by atoms with Gasteiger partial charge in [0.05, 0.1) is 17.2 Å². The van der Waals surface area contributed by atoms with E-state index in [1.54, 1.807) is 6.07 Å². The lowest BCUT2D eigenvalue weighted by Crippen LogP contribution is -2.44. The molecule has 6 nitrogen and oxygen atoms in total. The number of nitrogens with one attached hydrogen (secondary N) is 1. The molecule has 0 unspecified atom stereocenters. The van der Waals surface area contributed by atoms with Crippen molar-refractivity contribution in [1.82, 2.24) is 14.5 Å². The molecule has 1 fully saturated rings. The van der Waals surface area contributed by atoms with Crippen molar-refractivity contribution in [2.24, 2.45) is 0 Å². The summed E-state index contributed by atoms with van der Waals surface area (Å²) in [6, 6.07) is 14.1. The van der Waals surface area contributed by atoms with Crippen LogP contribution in [0.2, 0.25) is 0 Å². The van der Waals surface area contributed by atoms with E-state index < -0.39 is 0 Å². The number of hydrogen-bond donors (Lipinski definition) is 1. The number of aromatic nitrogens is 2. The fourth-order valence-electron chi connectivity index (χ4n) is 3.92. The molecule has 1 aliphatic heterocycles. The number of carbonyl (C=O) groups is 1. The van der Waals surface area contributed by atoms with Crippen LogP contribution in [0.15, 0.2) is 53.6 Å². The number of hydrogen-bond acceptors (Lipinski definition) is 4. The third-order valence-electron chi connectivity index (χ3n) is 5.71. The normalized spacial score (nSPS) is 14.9. The molecule has 1 amide bonds. The van der Waals surface area contributed by atoms with Gasteiger partial charge in [0.1, 0.15) is 6.54 Å². The molecule has 2 aromatic carbocycles. The minimum Gasteiger partial charge on any atom is -0.382 e. The van der Waals surface area contributed by atoms with Gasteiger partial charge in [-0.2, -0.15) is 0 Å². The zero-order valence-corrected chi connectivity index (χ0v) is 16.9. The van der Waals surface area contributed by atoms with E-state index in [-0.39, 0.29) is 18.0 Å². The van der Waals surface area contributed by atoms with Gasteiger partial charge in [0, 0.05) is 24.8 Å². The molecule has 4 rings (SSSR count). The Hall–Kier alpha value is -3.15. The predicted molar refractivity (Wildman–Crippen MR) is 115 cm³/mol. The lowest BCUT2D eigenvalue weighted by Gasteiger charge is -2.33. The summed E-state index contributed by atoms with van der Waals surface area (Å²) in [5.41, 5.74) is 3.87. The topological polar surface area (TPSA) is 67.2 Å². The standard InChI is InChI=1S/C23H26N4O2/c1-16-6-3-4-9-20(16)25-18-10-12-26(13-11-18)21(28)14-27-15-24-22-17(2)7-5-8-19(22)23(27)29/h3-9,15,18,25H,10-14H2,1-2H3. The Bertz CT molecular complexity index is 1100. The molecular formula is C23H26N4O2. The van der Waals surface area contributed by atoms with E-state index in [9.17, 15) is 9.59 Å². The molecule has 29 heavy (non-hydrogen) atoms. The summed E-state index contributed by atoms with van der Waals surface area (Å²) >= 11 is 0. The largest absolute Gasteiger partial charge is 0.382 e. The molecule has 3 aromatic rings. The highest BCUT2D eigenvalue weighted by atomic mass is 16.2. The average molecular weight is 390 g/mol. The Morgan fingerprint density at radius 1 is 1.07 bits per heavy atom. The molecule has 1 aliphatic rings. The second-order valence-electron chi connectivity index (χ2n) is 7.76. The highest BCUT2D eigenvalue weighted by Gasteiger charge is 2.23. The van der Waals surface area contributed by atoms with Gasteiger partial charge in [0.2, 0.25) is 5.91 Å². The molecule has 0 atom stereocenters. The molecule has 1 N–H and O–H groups in total. The third-order valence-corrected chi connectivity index (χ3v) is 5.71. The van der Waals surface area contributed by atoms with Crippen molar-refractivity contribution in [1.29, 1.82) is 0 Å². The lowest BCUT2D eigenvalue weighted by molar-refractivity contribution is -0.132. The first-order chi connectivity index (χ1) is 14.0. The van der Waals surface area contributed by atoms with Crippen molar-refractivity contribution < 1.29 is 4.79 Å². The number of likely N-dealkylation sites (tertiary alicyclic amines) is 1. The first kappa shape index (κ1) is 19.2. The second-order valence-corrected chi connectivity index (χ2v) is 7.76. The molecule has 0 radical (unpaired) electrons. The van der Waals surface area contributed by atoms with Crippen LogP contribution in [0, 0.1) is 13.8 Å². The van der Waals surface area contributed by atoms with Crippen LogP contribution in [0.1, 0.15) is 24.0 Å². The fourth-order valence-corrected chi connectivity index (χ4v) is 3.92. The van der Waals surface area contributed by atoms with Crippen molar-refractivity contribution in [2.45, 2.75) is 39.3 Å². The maximum atomic E-state index is 12.8. The van der Waals surface area contributed by atoms with Crippen LogP contribution in [0.4, 0.5) is 5.69 Å². The molecule has 0 bridgehead atoms. The molecule has 6 heteroatoms. The van der Waals surface area contributed by atoms with Gasteiger partial charge >= 0.3 is 0 Å². The third kappa shape index (κ3) is 4.01. The van der Waals surface area contributed by atoms with Gasteiger partial charge in [-0.3, -0.25) is 14.2 Å². The van der Waals surface area contributed by atoms with Crippen molar-refractivity contribution in [2.75, 3.05) is 18.4 Å². The SMILES string of the molecule is Cc1ccccc1NC1CCN(C(=O)Cn2cnc3c(C)cccc3c2=O)CC1. The minimum atomic E-state index is -0.164. The molecule has 150 valence electrons. The molecular weight excluding hydrogens is 364 g/mol. The average Bonchev–Trinajstić information content (AvgIpc) is 2.73. The van der Waals surface area contributed by atoms with Crippen LogP contribution < -0.4 is 10.9 Å². The van der Waals surface area contributed by atoms with E-state index in [1.807, 2.05) is 36.1 Å². The summed E-state index contributed by atoms with van der Waals surface area (Å²) in [5.74, 6) is -0.0322. The molecule has 0 spiro atoms. The van der Waals surface area contributed by atoms with Gasteiger partial charge in [0.25, 0.3) is 5.56 Å². The smallest absolute Gasteiger partial charge is 0.261 e. The summed E-state index contributed by atoms with van der Waals surface area (Å²) in [6.45, 7) is 5.44. The van der Waals surface area contributed by atoms with Gasteiger partial charge in [-0.1, -0.05) is 30.3 Å². The highest BCUT2D eigenvalue weighted by molar-refractivity contribution is 5.81. The zero-order valence-electron chi connectivity index (χ0n) is 16.9. The van der Waals surface area contributed by atoms with Crippen LogP contribution in [0.5, 0.6) is 0 Å². The molecule has 0 aliphatic carbocycles. The van der Waals surface area contributed by atoms with Crippen LogP contribution in [-0.2, 0) is 11.3 Å². The highest BCUT2D eigenvalue weighted by Crippen LogP contribution is 2.20. The fraction of sp³-hybridized carbons (Fsp3) is 0.348. The summed E-state index contributed by atoms with van der Waals surface area (Å²) in [7, 11) is 0. The van der Waals surface area contributed by atoms with Crippen LogP contribution in [0.25, 0.3) is 10.9 Å². The zero-order chi connectivity index (χ0) is 20.4. The van der Waals surface area contributed by atoms with Crippen LogP contribution in [-0.4, -0.2) is 39.5 Å². The number of piperidine rings is 1. The summed E-state index contributed by atoms with van der Waals surface area (Å²) in [5, 5.41) is 4.15. The quantitative estimate of drug-likeness (QED) is 0.743. The molecule has 1 saturated heterocycles. The number of nitrogens with zero attached hydrogens (tertiary/aromatic N) is 3. The Kier molecular flexibility index (Phi) is 5.34. The van der Waals surface area contributed by atoms with E-state index in [0.29, 0.717) is 30.0 Å². The number of aryl methyl sites for hydroxylation is 2. The minimum absolute atomic E-state index is 0.0322. The van der Waals surface area contributed by atoms with E-state index in [1.165, 1.54) is 16.5 Å². The van der Waals surface area contributed by atoms with Crippen molar-refractivity contribution >= 4 is 22.5 Å². The van der Waals surface area contributed by atoms with Crippen LogP contribution >= 0.6 is 0 Å². The number of anilines is 1. The number of amides is 1. The number of benzene rings is 2. The van der Waals surface area contributed by atoms with E-state index in [0.717, 1.165) is 24.1 Å². The Balaban J connectivity index is 1.39. The van der Waals surface area contributed by atoms with Gasteiger partial charge in [-0.05, 0) is 49.9 Å². The summed E-state index contributed by atoms with van der Waals surface area (Å²) in [4.78, 5) is 31.7. The van der Waals surface area contributed by atoms with Crippen molar-refractivity contribution in [3.8, 4) is 0 Å². The maximum Gasteiger partial charge on any atom is 0.261 e. The predicted octanol–water partition coefficient (Wildman–Crippen LogP) is 3.12. The number of carbonyl (C=O) groups excluding carboxylic acids is 1. The Morgan fingerprint density at radius 3 is 2.55 bits per heavy atom. The van der Waals surface area contributed by atoms with Crippen molar-refractivity contribution in [3.05, 3.63) is 70.3 Å². The summed E-state index contributed by atoms with van der Waals surface area (Å²) < 4.78 is 1.42. The molecule has 1 aromatic heterocycles. The van der Waals surface area contributed by atoms with E-state index in [2.05, 4.69) is 29.4 Å². The lowest BCUT2D eigenvalue weighted by atomic mass is 10.0. The Labute approximate surface area is 170 Å². The number of fused-ring (bicyclic) bond motifs is 1. The van der Waals surface area contributed by atoms with Gasteiger partial charge in [-0.25, -0.2) is 4.98 Å². The monoisotopic (exact) mass is 390 g/mol. The van der Waals surface area contributed by atoms with E-state index >= 15 is 0 Å².